The smallest absolute Gasteiger partial charge is 0.266 e. The molecule has 196 valence electrons. The van der Waals surface area contributed by atoms with E-state index in [1.807, 2.05) is 6.07 Å². The van der Waals surface area contributed by atoms with E-state index in [-0.39, 0.29) is 29.7 Å². The van der Waals surface area contributed by atoms with Gasteiger partial charge in [-0.25, -0.2) is 28.7 Å². The summed E-state index contributed by atoms with van der Waals surface area (Å²) in [6, 6.07) is 12.5. The lowest BCUT2D eigenvalue weighted by atomic mass is 10.1. The summed E-state index contributed by atoms with van der Waals surface area (Å²) in [6.45, 7) is 0.223. The summed E-state index contributed by atoms with van der Waals surface area (Å²) in [5, 5.41) is 12.3. The van der Waals surface area contributed by atoms with Crippen molar-refractivity contribution in [2.24, 2.45) is 0 Å². The molecule has 3 aromatic heterocycles. The molecule has 0 aliphatic rings. The molecule has 0 amide bonds. The lowest BCUT2D eigenvalue weighted by Crippen LogP contribution is -2.26. The van der Waals surface area contributed by atoms with Crippen molar-refractivity contribution in [1.29, 1.82) is 5.26 Å². The molecule has 0 bridgehead atoms. The van der Waals surface area contributed by atoms with Gasteiger partial charge in [-0.05, 0) is 30.2 Å². The fourth-order valence-corrected chi connectivity index (χ4v) is 4.07. The highest BCUT2D eigenvalue weighted by molar-refractivity contribution is 5.82. The standard InChI is InChI=1S/C28H19F2N9O/c29-25(30)20-5-2-6-22-24(20)28(40)39(19-4-1-3-17(13-19)14-31)23(38-22)9-10-35-27-21(26(32)36-16-37-27)8-7-18-15-33-11-12-34-18/h1-6,11-13,15-16,25H,9-10H2,(H3,32,35,36,37). The van der Waals surface area contributed by atoms with E-state index in [9.17, 15) is 18.8 Å². The molecule has 2 aromatic carbocycles. The zero-order valence-electron chi connectivity index (χ0n) is 20.7. The molecule has 0 saturated carbocycles. The van der Waals surface area contributed by atoms with E-state index < -0.39 is 17.5 Å². The van der Waals surface area contributed by atoms with Crippen LogP contribution >= 0.6 is 0 Å². The quantitative estimate of drug-likeness (QED) is 0.312. The van der Waals surface area contributed by atoms with Crippen LogP contribution in [0.2, 0.25) is 0 Å². The lowest BCUT2D eigenvalue weighted by Gasteiger charge is -2.16. The number of anilines is 2. The Labute approximate surface area is 226 Å². The molecule has 5 rings (SSSR count). The number of nitrogen functional groups attached to an aromatic ring is 1. The number of nitrogens with two attached hydrogens (primary N) is 1. The summed E-state index contributed by atoms with van der Waals surface area (Å²) in [7, 11) is 0. The molecular formula is C28H19F2N9O. The SMILES string of the molecule is N#Cc1cccc(-n2c(CCNc3ncnc(N)c3C#Cc3cnccn3)nc3cccc(C(F)F)c3c2=O)c1. The maximum absolute atomic E-state index is 13.8. The van der Waals surface area contributed by atoms with Gasteiger partial charge in [0.25, 0.3) is 12.0 Å². The Morgan fingerprint density at radius 2 is 1.93 bits per heavy atom. The normalized spacial score (nSPS) is 10.7. The van der Waals surface area contributed by atoms with Crippen molar-refractivity contribution in [1.82, 2.24) is 29.5 Å². The molecule has 0 fully saturated rings. The topological polar surface area (TPSA) is 148 Å². The largest absolute Gasteiger partial charge is 0.382 e. The van der Waals surface area contributed by atoms with Gasteiger partial charge < -0.3 is 11.1 Å². The van der Waals surface area contributed by atoms with E-state index in [0.717, 1.165) is 0 Å². The number of hydrogen-bond donors (Lipinski definition) is 2. The van der Waals surface area contributed by atoms with Gasteiger partial charge in [-0.15, -0.1) is 0 Å². The summed E-state index contributed by atoms with van der Waals surface area (Å²) < 4.78 is 28.8. The van der Waals surface area contributed by atoms with Crippen molar-refractivity contribution in [3.8, 4) is 23.6 Å². The molecule has 10 nitrogen and oxygen atoms in total. The molecule has 3 heterocycles. The van der Waals surface area contributed by atoms with Gasteiger partial charge in [-0.3, -0.25) is 14.3 Å². The average molecular weight is 536 g/mol. The number of benzene rings is 2. The first-order valence-corrected chi connectivity index (χ1v) is 11.9. The summed E-state index contributed by atoms with van der Waals surface area (Å²) in [5.74, 6) is 6.57. The van der Waals surface area contributed by atoms with Crippen LogP contribution in [0.5, 0.6) is 0 Å². The molecule has 12 heteroatoms. The fourth-order valence-electron chi connectivity index (χ4n) is 4.07. The van der Waals surface area contributed by atoms with Crippen LogP contribution < -0.4 is 16.6 Å². The third-order valence-corrected chi connectivity index (χ3v) is 5.86. The van der Waals surface area contributed by atoms with E-state index in [1.54, 1.807) is 18.2 Å². The monoisotopic (exact) mass is 535 g/mol. The van der Waals surface area contributed by atoms with Crippen molar-refractivity contribution in [3.05, 3.63) is 106 Å². The first-order valence-electron chi connectivity index (χ1n) is 11.9. The molecule has 3 N–H and O–H groups in total. The van der Waals surface area contributed by atoms with Crippen molar-refractivity contribution in [2.45, 2.75) is 12.8 Å². The number of nitrogens with zero attached hydrogens (tertiary/aromatic N) is 7. The highest BCUT2D eigenvalue weighted by Crippen LogP contribution is 2.26. The average Bonchev–Trinajstić information content (AvgIpc) is 2.97. The Kier molecular flexibility index (Phi) is 7.33. The molecule has 40 heavy (non-hydrogen) atoms. The van der Waals surface area contributed by atoms with Gasteiger partial charge in [0.15, 0.2) is 0 Å². The maximum atomic E-state index is 13.8. The Morgan fingerprint density at radius 1 is 1.07 bits per heavy atom. The zero-order valence-corrected chi connectivity index (χ0v) is 20.7. The predicted molar refractivity (Wildman–Crippen MR) is 144 cm³/mol. The molecule has 0 unspecified atom stereocenters. The number of halogens is 2. The number of fused-ring (bicyclic) bond motifs is 1. The second kappa shape index (κ2) is 11.3. The second-order valence-corrected chi connectivity index (χ2v) is 8.37. The molecule has 0 atom stereocenters. The number of alkyl halides is 2. The van der Waals surface area contributed by atoms with E-state index in [4.69, 9.17) is 5.73 Å². The van der Waals surface area contributed by atoms with Crippen molar-refractivity contribution in [3.63, 3.8) is 0 Å². The predicted octanol–water partition coefficient (Wildman–Crippen LogP) is 3.41. The van der Waals surface area contributed by atoms with E-state index in [0.29, 0.717) is 34.2 Å². The number of aromatic nitrogens is 6. The highest BCUT2D eigenvalue weighted by atomic mass is 19.3. The number of nitriles is 1. The van der Waals surface area contributed by atoms with Gasteiger partial charge in [0.05, 0.1) is 34.4 Å². The molecule has 0 aliphatic heterocycles. The zero-order chi connectivity index (χ0) is 28.1. The third-order valence-electron chi connectivity index (χ3n) is 5.86. The molecule has 0 radical (unpaired) electrons. The van der Waals surface area contributed by atoms with Crippen LogP contribution in [0.3, 0.4) is 0 Å². The lowest BCUT2D eigenvalue weighted by molar-refractivity contribution is 0.153. The van der Waals surface area contributed by atoms with Crippen molar-refractivity contribution in [2.75, 3.05) is 17.6 Å². The van der Waals surface area contributed by atoms with Gasteiger partial charge in [-0.1, -0.05) is 24.1 Å². The minimum absolute atomic E-state index is 0.146. The van der Waals surface area contributed by atoms with Crippen molar-refractivity contribution >= 4 is 22.5 Å². The van der Waals surface area contributed by atoms with Gasteiger partial charge in [-0.2, -0.15) is 5.26 Å². The summed E-state index contributed by atoms with van der Waals surface area (Å²) in [4.78, 5) is 34.5. The molecule has 0 saturated heterocycles. The third kappa shape index (κ3) is 5.28. The van der Waals surface area contributed by atoms with Crippen LogP contribution in [-0.4, -0.2) is 36.0 Å². The van der Waals surface area contributed by atoms with Gasteiger partial charge in [0, 0.05) is 30.9 Å². The highest BCUT2D eigenvalue weighted by Gasteiger charge is 2.20. The van der Waals surface area contributed by atoms with E-state index in [1.165, 1.54) is 53.8 Å². The van der Waals surface area contributed by atoms with Crippen LogP contribution in [-0.2, 0) is 6.42 Å². The fraction of sp³-hybridized carbons (Fsp3) is 0.107. The number of nitrogens with one attached hydrogen (secondary N) is 1. The Bertz CT molecular complexity index is 1870. The minimum Gasteiger partial charge on any atom is -0.382 e. The first kappa shape index (κ1) is 25.9. The Morgan fingerprint density at radius 3 is 2.70 bits per heavy atom. The summed E-state index contributed by atoms with van der Waals surface area (Å²) in [5.41, 5.74) is 6.54. The Hall–Kier alpha value is -5.75. The van der Waals surface area contributed by atoms with Crippen LogP contribution in [0.15, 0.2) is 72.2 Å². The molecule has 0 aliphatic carbocycles. The van der Waals surface area contributed by atoms with E-state index >= 15 is 0 Å². The van der Waals surface area contributed by atoms with Gasteiger partial charge in [0.2, 0.25) is 0 Å². The summed E-state index contributed by atoms with van der Waals surface area (Å²) in [6.07, 6.45) is 3.15. The van der Waals surface area contributed by atoms with Crippen LogP contribution in [0.1, 0.15) is 34.6 Å². The van der Waals surface area contributed by atoms with Crippen LogP contribution in [0, 0.1) is 23.2 Å². The number of hydrogen-bond acceptors (Lipinski definition) is 9. The summed E-state index contributed by atoms with van der Waals surface area (Å²) >= 11 is 0. The van der Waals surface area contributed by atoms with Gasteiger partial charge in [0.1, 0.15) is 35.0 Å². The Balaban J connectivity index is 1.53. The molecule has 5 aromatic rings. The van der Waals surface area contributed by atoms with E-state index in [2.05, 4.69) is 42.1 Å². The van der Waals surface area contributed by atoms with Gasteiger partial charge >= 0.3 is 0 Å². The molecule has 0 spiro atoms. The minimum atomic E-state index is -2.87. The maximum Gasteiger partial charge on any atom is 0.266 e. The molecular weight excluding hydrogens is 516 g/mol. The van der Waals surface area contributed by atoms with Crippen LogP contribution in [0.25, 0.3) is 16.6 Å². The second-order valence-electron chi connectivity index (χ2n) is 8.37. The van der Waals surface area contributed by atoms with Crippen molar-refractivity contribution < 1.29 is 8.78 Å². The van der Waals surface area contributed by atoms with Crippen LogP contribution in [0.4, 0.5) is 20.4 Å². The first-order chi connectivity index (χ1) is 19.5. The number of rotatable bonds is 6.